The van der Waals surface area contributed by atoms with Crippen LogP contribution in [0, 0.1) is 12.8 Å². The van der Waals surface area contributed by atoms with Gasteiger partial charge in [0, 0.05) is 12.0 Å². The van der Waals surface area contributed by atoms with Gasteiger partial charge in [-0.1, -0.05) is 5.16 Å². The van der Waals surface area contributed by atoms with E-state index in [4.69, 9.17) is 9.63 Å². The molecule has 4 nitrogen and oxygen atoms in total. The zero-order valence-electron chi connectivity index (χ0n) is 7.41. The summed E-state index contributed by atoms with van der Waals surface area (Å²) in [6.45, 7) is 1.85. The van der Waals surface area contributed by atoms with Crippen LogP contribution < -0.4 is 0 Å². The first-order valence-electron chi connectivity index (χ1n) is 4.35. The van der Waals surface area contributed by atoms with Crippen molar-refractivity contribution in [1.29, 1.82) is 0 Å². The Morgan fingerprint density at radius 1 is 1.69 bits per heavy atom. The molecule has 0 amide bonds. The quantitative estimate of drug-likeness (QED) is 0.706. The molecule has 0 aliphatic heterocycles. The highest BCUT2D eigenvalue weighted by Gasteiger charge is 2.28. The van der Waals surface area contributed by atoms with Gasteiger partial charge in [0.2, 0.25) is 0 Å². The molecule has 2 rings (SSSR count). The standard InChI is InChI=1S/C9H11NO3/c1-5-7-4-6(9(11)12)2-3-8(7)13-10-5/h6H,2-4H2,1H3,(H,11,12). The smallest absolute Gasteiger partial charge is 0.306 e. The molecule has 1 aliphatic rings. The highest BCUT2D eigenvalue weighted by Crippen LogP contribution is 2.27. The zero-order valence-corrected chi connectivity index (χ0v) is 7.41. The second-order valence-electron chi connectivity index (χ2n) is 3.45. The molecule has 0 bridgehead atoms. The molecule has 1 unspecified atom stereocenters. The van der Waals surface area contributed by atoms with Crippen molar-refractivity contribution < 1.29 is 14.4 Å². The van der Waals surface area contributed by atoms with Gasteiger partial charge in [-0.15, -0.1) is 0 Å². The SMILES string of the molecule is Cc1noc2c1CC(C(=O)O)CC2. The summed E-state index contributed by atoms with van der Waals surface area (Å²) in [7, 11) is 0. The monoisotopic (exact) mass is 181 g/mol. The highest BCUT2D eigenvalue weighted by molar-refractivity contribution is 5.70. The van der Waals surface area contributed by atoms with Crippen molar-refractivity contribution in [2.75, 3.05) is 0 Å². The fraction of sp³-hybridized carbons (Fsp3) is 0.556. The summed E-state index contributed by atoms with van der Waals surface area (Å²) in [5, 5.41) is 12.7. The van der Waals surface area contributed by atoms with Crippen molar-refractivity contribution >= 4 is 5.97 Å². The van der Waals surface area contributed by atoms with E-state index >= 15 is 0 Å². The lowest BCUT2D eigenvalue weighted by molar-refractivity contribution is -0.142. The number of carboxylic acids is 1. The Morgan fingerprint density at radius 3 is 3.15 bits per heavy atom. The van der Waals surface area contributed by atoms with Crippen molar-refractivity contribution in [3.63, 3.8) is 0 Å². The maximum atomic E-state index is 10.7. The molecular weight excluding hydrogens is 170 g/mol. The summed E-state index contributed by atoms with van der Waals surface area (Å²) in [6.07, 6.45) is 1.93. The minimum absolute atomic E-state index is 0.259. The summed E-state index contributed by atoms with van der Waals surface area (Å²) in [6, 6.07) is 0. The third-order valence-corrected chi connectivity index (χ3v) is 2.59. The van der Waals surface area contributed by atoms with Gasteiger partial charge in [-0.05, 0) is 19.8 Å². The van der Waals surface area contributed by atoms with Gasteiger partial charge in [0.15, 0.2) is 0 Å². The van der Waals surface area contributed by atoms with Crippen LogP contribution in [0.4, 0.5) is 0 Å². The number of hydrogen-bond donors (Lipinski definition) is 1. The van der Waals surface area contributed by atoms with E-state index in [9.17, 15) is 4.79 Å². The Kier molecular flexibility index (Phi) is 1.83. The van der Waals surface area contributed by atoms with Gasteiger partial charge in [-0.3, -0.25) is 4.79 Å². The number of carboxylic acid groups (broad SMARTS) is 1. The predicted octanol–water partition coefficient (Wildman–Crippen LogP) is 1.17. The van der Waals surface area contributed by atoms with Gasteiger partial charge in [0.1, 0.15) is 5.76 Å². The normalized spacial score (nSPS) is 21.2. The van der Waals surface area contributed by atoms with Gasteiger partial charge in [-0.2, -0.15) is 0 Å². The molecule has 0 saturated heterocycles. The molecule has 1 aromatic rings. The Morgan fingerprint density at radius 2 is 2.46 bits per heavy atom. The van der Waals surface area contributed by atoms with Crippen LogP contribution >= 0.6 is 0 Å². The van der Waals surface area contributed by atoms with Crippen molar-refractivity contribution in [1.82, 2.24) is 5.16 Å². The molecule has 0 radical (unpaired) electrons. The topological polar surface area (TPSA) is 63.3 Å². The van der Waals surface area contributed by atoms with Gasteiger partial charge in [0.05, 0.1) is 11.6 Å². The Labute approximate surface area is 75.5 Å². The lowest BCUT2D eigenvalue weighted by Gasteiger charge is -2.16. The summed E-state index contributed by atoms with van der Waals surface area (Å²) in [5.41, 5.74) is 1.83. The second-order valence-corrected chi connectivity index (χ2v) is 3.45. The number of fused-ring (bicyclic) bond motifs is 1. The summed E-state index contributed by atoms with van der Waals surface area (Å²) >= 11 is 0. The van der Waals surface area contributed by atoms with Crippen LogP contribution in [0.2, 0.25) is 0 Å². The Bertz CT molecular complexity index is 343. The van der Waals surface area contributed by atoms with Gasteiger partial charge >= 0.3 is 5.97 Å². The molecule has 0 saturated carbocycles. The predicted molar refractivity (Wildman–Crippen MR) is 44.4 cm³/mol. The summed E-state index contributed by atoms with van der Waals surface area (Å²) in [4.78, 5) is 10.7. The average Bonchev–Trinajstić information content (AvgIpc) is 2.47. The van der Waals surface area contributed by atoms with E-state index in [-0.39, 0.29) is 5.92 Å². The fourth-order valence-electron chi connectivity index (χ4n) is 1.76. The zero-order chi connectivity index (χ0) is 9.42. The molecule has 13 heavy (non-hydrogen) atoms. The maximum Gasteiger partial charge on any atom is 0.306 e. The highest BCUT2D eigenvalue weighted by atomic mass is 16.5. The summed E-state index contributed by atoms with van der Waals surface area (Å²) < 4.78 is 5.07. The average molecular weight is 181 g/mol. The fourth-order valence-corrected chi connectivity index (χ4v) is 1.76. The molecule has 1 heterocycles. The Balaban J connectivity index is 2.27. The third-order valence-electron chi connectivity index (χ3n) is 2.59. The number of nitrogens with zero attached hydrogens (tertiary/aromatic N) is 1. The summed E-state index contributed by atoms with van der Waals surface area (Å²) in [5.74, 6) is -0.105. The van der Waals surface area contributed by atoms with Gasteiger partial charge in [-0.25, -0.2) is 0 Å². The molecule has 1 N–H and O–H groups in total. The van der Waals surface area contributed by atoms with Crippen molar-refractivity contribution in [2.45, 2.75) is 26.2 Å². The first-order valence-corrected chi connectivity index (χ1v) is 4.35. The molecule has 0 spiro atoms. The number of aromatic nitrogens is 1. The van der Waals surface area contributed by atoms with Gasteiger partial charge < -0.3 is 9.63 Å². The number of aryl methyl sites for hydroxylation is 2. The number of aliphatic carboxylic acids is 1. The van der Waals surface area contributed by atoms with E-state index in [1.807, 2.05) is 6.92 Å². The van der Waals surface area contributed by atoms with Crippen LogP contribution in [0.3, 0.4) is 0 Å². The lowest BCUT2D eigenvalue weighted by Crippen LogP contribution is -2.21. The van der Waals surface area contributed by atoms with Crippen LogP contribution in [0.15, 0.2) is 4.52 Å². The molecule has 0 fully saturated rings. The van der Waals surface area contributed by atoms with Crippen LogP contribution in [0.25, 0.3) is 0 Å². The second kappa shape index (κ2) is 2.87. The Hall–Kier alpha value is -1.32. The molecule has 1 aromatic heterocycles. The molecule has 70 valence electrons. The van der Waals surface area contributed by atoms with E-state index in [0.29, 0.717) is 19.3 Å². The number of rotatable bonds is 1. The van der Waals surface area contributed by atoms with E-state index in [1.165, 1.54) is 0 Å². The largest absolute Gasteiger partial charge is 0.481 e. The van der Waals surface area contributed by atoms with E-state index in [0.717, 1.165) is 17.0 Å². The van der Waals surface area contributed by atoms with Gasteiger partial charge in [0.25, 0.3) is 0 Å². The first-order chi connectivity index (χ1) is 6.18. The van der Waals surface area contributed by atoms with Crippen LogP contribution in [-0.2, 0) is 17.6 Å². The van der Waals surface area contributed by atoms with Crippen LogP contribution in [-0.4, -0.2) is 16.2 Å². The van der Waals surface area contributed by atoms with E-state index < -0.39 is 5.97 Å². The molecular formula is C9H11NO3. The van der Waals surface area contributed by atoms with Crippen LogP contribution in [0.5, 0.6) is 0 Å². The first kappa shape index (κ1) is 8.29. The molecule has 1 aliphatic carbocycles. The van der Waals surface area contributed by atoms with Crippen molar-refractivity contribution in [2.24, 2.45) is 5.92 Å². The molecule has 1 atom stereocenters. The molecule has 0 aromatic carbocycles. The van der Waals surface area contributed by atoms with Crippen LogP contribution in [0.1, 0.15) is 23.4 Å². The third kappa shape index (κ3) is 1.32. The maximum absolute atomic E-state index is 10.7. The minimum Gasteiger partial charge on any atom is -0.481 e. The number of hydrogen-bond acceptors (Lipinski definition) is 3. The number of carbonyl (C=O) groups is 1. The van der Waals surface area contributed by atoms with Crippen molar-refractivity contribution in [3.05, 3.63) is 17.0 Å². The van der Waals surface area contributed by atoms with E-state index in [2.05, 4.69) is 5.16 Å². The molecule has 4 heteroatoms. The minimum atomic E-state index is -0.716. The van der Waals surface area contributed by atoms with Crippen molar-refractivity contribution in [3.8, 4) is 0 Å². The van der Waals surface area contributed by atoms with E-state index in [1.54, 1.807) is 0 Å². The lowest BCUT2D eigenvalue weighted by atomic mass is 9.87.